The molecule has 3 saturated heterocycles. The van der Waals surface area contributed by atoms with E-state index in [4.69, 9.17) is 49.5 Å². The molecule has 4 bridgehead atoms. The molecule has 1 aromatic rings. The van der Waals surface area contributed by atoms with Crippen LogP contribution in [-0.4, -0.2) is 185 Å². The number of anilines is 1. The molecule has 0 spiro atoms. The van der Waals surface area contributed by atoms with E-state index in [1.807, 2.05) is 58.1 Å². The Morgan fingerprint density at radius 1 is 0.934 bits per heavy atom. The van der Waals surface area contributed by atoms with Gasteiger partial charge < -0.3 is 58.5 Å². The standard InChI is InChI=1S/C53H78ClN5O16S/c1-33-11-9-12-35(3)53(67)32-40(73-51(66)57-53)36(4)48-52(6,75-48)42(31-45(62)58(8)39-29-38(27-33)28-34(2)47(39)54)74-50(65)37(5)72-17-10-26-76-41-30-46(63)59(49(41)64)16-13-44(61)56-15-19-69-21-23-71-25-24-70-22-20-68-18-14-43(60)55-7/h9,11-12,28-29,35-37,40-42,48,67H,10,13-27,30-32H2,1-8H3,(H,55,60)(H,56,61)(H,57,66)/b12-9+,33-11+/t35-,36-,37+,40+,41?,42+,48+,52+,53+/m1/s1. The van der Waals surface area contributed by atoms with Gasteiger partial charge in [0.2, 0.25) is 29.5 Å². The van der Waals surface area contributed by atoms with E-state index in [0.29, 0.717) is 82.0 Å². The summed E-state index contributed by atoms with van der Waals surface area (Å²) in [5.41, 5.74) is 0.352. The second-order valence-electron chi connectivity index (χ2n) is 19.8. The van der Waals surface area contributed by atoms with Gasteiger partial charge in [0.05, 0.1) is 81.3 Å². The van der Waals surface area contributed by atoms with Crippen LogP contribution in [0.25, 0.3) is 0 Å². The van der Waals surface area contributed by atoms with Gasteiger partial charge in [0.1, 0.15) is 23.5 Å². The maximum absolute atomic E-state index is 14.2. The number of aryl methyl sites for hydroxylation is 1. The van der Waals surface area contributed by atoms with Gasteiger partial charge in [-0.1, -0.05) is 55.3 Å². The third-order valence-electron chi connectivity index (χ3n) is 13.9. The molecule has 6 amide bonds. The monoisotopic (exact) mass is 1110 g/mol. The van der Waals surface area contributed by atoms with Crippen molar-refractivity contribution in [3.63, 3.8) is 0 Å². The Labute approximate surface area is 455 Å². The minimum absolute atomic E-state index is 0.00691. The number of aliphatic hydroxyl groups is 1. The molecular formula is C53H78ClN5O16S. The molecule has 1 aromatic carbocycles. The number of halogens is 1. The van der Waals surface area contributed by atoms with Gasteiger partial charge in [-0.15, -0.1) is 11.8 Å². The smallest absolute Gasteiger partial charge is 0.409 e. The summed E-state index contributed by atoms with van der Waals surface area (Å²) in [6.07, 6.45) is 2.21. The average Bonchev–Trinajstić information content (AvgIpc) is 4.00. The lowest BCUT2D eigenvalue weighted by Gasteiger charge is -2.41. The number of hydrogen-bond acceptors (Lipinski definition) is 17. The molecule has 76 heavy (non-hydrogen) atoms. The lowest BCUT2D eigenvalue weighted by Crippen LogP contribution is -2.60. The molecule has 424 valence electrons. The molecule has 3 fully saturated rings. The van der Waals surface area contributed by atoms with Crippen LogP contribution < -0.4 is 20.9 Å². The SMILES string of the molecule is CNC(=O)CCOCCOCCOCCOCCNC(=O)CCN1C(=O)CC(SCCCO[C@@H](C)C(=O)O[C@H]2CC(=O)N(C)c3cc(cc(C)c3Cl)C/C(C)=C/C=C/[C@@H](C)[C@@]3(O)C[C@H](OC(=O)N3)[C@@H](C)[C@@H]3O[C@@]23C)C1=O. The zero-order chi connectivity index (χ0) is 55.6. The molecule has 0 saturated carbocycles. The Kier molecular flexibility index (Phi) is 24.5. The number of thioether (sulfide) groups is 1. The number of allylic oxidation sites excluding steroid dienone is 3. The Bertz CT molecular complexity index is 2250. The molecule has 0 aliphatic carbocycles. The van der Waals surface area contributed by atoms with Crippen molar-refractivity contribution in [1.29, 1.82) is 0 Å². The van der Waals surface area contributed by atoms with Crippen LogP contribution in [0.1, 0.15) is 84.3 Å². The Morgan fingerprint density at radius 3 is 2.29 bits per heavy atom. The molecule has 0 radical (unpaired) electrons. The van der Waals surface area contributed by atoms with Crippen molar-refractivity contribution < 1.29 is 76.6 Å². The molecule has 4 aliphatic heterocycles. The number of fused-ring (bicyclic) bond motifs is 5. The number of imide groups is 1. The number of epoxide rings is 1. The van der Waals surface area contributed by atoms with E-state index < -0.39 is 70.8 Å². The molecule has 4 heterocycles. The van der Waals surface area contributed by atoms with E-state index in [1.54, 1.807) is 21.0 Å². The topological polar surface area (TPSA) is 259 Å². The summed E-state index contributed by atoms with van der Waals surface area (Å²) in [5, 5.41) is 19.4. The van der Waals surface area contributed by atoms with Crippen LogP contribution in [0.4, 0.5) is 10.5 Å². The summed E-state index contributed by atoms with van der Waals surface area (Å²) >= 11 is 8.11. The summed E-state index contributed by atoms with van der Waals surface area (Å²) in [7, 11) is 3.19. The minimum Gasteiger partial charge on any atom is -0.457 e. The maximum Gasteiger partial charge on any atom is 0.409 e. The fourth-order valence-corrected chi connectivity index (χ4v) is 10.4. The third-order valence-corrected chi connectivity index (χ3v) is 15.6. The zero-order valence-electron chi connectivity index (χ0n) is 45.1. The molecule has 5 rings (SSSR count). The summed E-state index contributed by atoms with van der Waals surface area (Å²) in [6.45, 7) is 13.9. The van der Waals surface area contributed by atoms with E-state index in [0.717, 1.165) is 21.6 Å². The van der Waals surface area contributed by atoms with Crippen molar-refractivity contribution in [3.05, 3.63) is 52.1 Å². The van der Waals surface area contributed by atoms with Crippen molar-refractivity contribution in [1.82, 2.24) is 20.9 Å². The fraction of sp³-hybridized carbons (Fsp3) is 0.679. The van der Waals surface area contributed by atoms with Crippen LogP contribution in [0, 0.1) is 18.8 Å². The molecule has 4 N–H and O–H groups in total. The number of alkyl carbamates (subject to hydrolysis) is 1. The number of likely N-dealkylation sites (tertiary alicyclic amines) is 1. The van der Waals surface area contributed by atoms with Gasteiger partial charge in [-0.3, -0.25) is 34.2 Å². The fourth-order valence-electron chi connectivity index (χ4n) is 9.03. The highest BCUT2D eigenvalue weighted by Gasteiger charge is 2.64. The summed E-state index contributed by atoms with van der Waals surface area (Å²) in [6, 6.07) is 3.82. The van der Waals surface area contributed by atoms with E-state index in [2.05, 4.69) is 16.0 Å². The van der Waals surface area contributed by atoms with Crippen molar-refractivity contribution in [2.45, 2.75) is 127 Å². The number of carbonyl (C=O) groups is 7. The summed E-state index contributed by atoms with van der Waals surface area (Å²) < 4.78 is 45.7. The van der Waals surface area contributed by atoms with Gasteiger partial charge in [0.15, 0.2) is 6.10 Å². The number of benzene rings is 1. The largest absolute Gasteiger partial charge is 0.457 e. The van der Waals surface area contributed by atoms with Gasteiger partial charge in [-0.05, 0) is 63.5 Å². The maximum atomic E-state index is 14.2. The van der Waals surface area contributed by atoms with Crippen LogP contribution in [-0.2, 0) is 73.1 Å². The minimum atomic E-state index is -1.63. The Morgan fingerprint density at radius 2 is 1.61 bits per heavy atom. The zero-order valence-corrected chi connectivity index (χ0v) is 46.7. The Hall–Kier alpha value is -4.65. The van der Waals surface area contributed by atoms with Crippen molar-refractivity contribution in [2.24, 2.45) is 11.8 Å². The molecular weight excluding hydrogens is 1030 g/mol. The number of carbonyl (C=O) groups excluding carboxylic acids is 7. The third kappa shape index (κ3) is 18.2. The predicted octanol–water partition coefficient (Wildman–Crippen LogP) is 3.95. The number of ether oxygens (including phenoxy) is 8. The van der Waals surface area contributed by atoms with Gasteiger partial charge in [-0.25, -0.2) is 9.59 Å². The Balaban J connectivity index is 1.05. The van der Waals surface area contributed by atoms with Gasteiger partial charge >= 0.3 is 12.1 Å². The number of esters is 1. The first kappa shape index (κ1) is 62.2. The van der Waals surface area contributed by atoms with Crippen LogP contribution >= 0.6 is 23.4 Å². The quantitative estimate of drug-likeness (QED) is 0.0443. The van der Waals surface area contributed by atoms with Crippen LogP contribution in [0.15, 0.2) is 35.9 Å². The lowest BCUT2D eigenvalue weighted by atomic mass is 9.82. The van der Waals surface area contributed by atoms with Gasteiger partial charge in [0.25, 0.3) is 0 Å². The number of nitrogens with zero attached hydrogens (tertiary/aromatic N) is 2. The first-order valence-corrected chi connectivity index (χ1v) is 27.4. The molecule has 23 heteroatoms. The van der Waals surface area contributed by atoms with E-state index >= 15 is 0 Å². The van der Waals surface area contributed by atoms with Crippen molar-refractivity contribution in [2.75, 3.05) is 97.3 Å². The summed E-state index contributed by atoms with van der Waals surface area (Å²) in [4.78, 5) is 93.0. The number of nitrogens with one attached hydrogen (secondary N) is 3. The second-order valence-corrected chi connectivity index (χ2v) is 21.4. The van der Waals surface area contributed by atoms with Gasteiger partial charge in [0, 0.05) is 71.3 Å². The summed E-state index contributed by atoms with van der Waals surface area (Å²) in [5.74, 6) is -2.81. The van der Waals surface area contributed by atoms with Gasteiger partial charge in [-0.2, -0.15) is 0 Å². The molecule has 4 aliphatic rings. The number of hydrogen-bond donors (Lipinski definition) is 4. The number of rotatable bonds is 26. The lowest BCUT2D eigenvalue weighted by molar-refractivity contribution is -0.165. The van der Waals surface area contributed by atoms with E-state index in [-0.39, 0.29) is 75.6 Å². The molecule has 0 aromatic heterocycles. The van der Waals surface area contributed by atoms with E-state index in [1.165, 1.54) is 23.6 Å². The highest BCUT2D eigenvalue weighted by molar-refractivity contribution is 8.00. The second kappa shape index (κ2) is 29.9. The van der Waals surface area contributed by atoms with Crippen LogP contribution in [0.3, 0.4) is 0 Å². The van der Waals surface area contributed by atoms with Crippen LogP contribution in [0.2, 0.25) is 5.02 Å². The predicted molar refractivity (Wildman–Crippen MR) is 282 cm³/mol. The normalized spacial score (nSPS) is 27.4. The molecule has 21 nitrogen and oxygen atoms in total. The number of amides is 6. The highest BCUT2D eigenvalue weighted by atomic mass is 35.5. The highest BCUT2D eigenvalue weighted by Crippen LogP contribution is 2.49. The molecule has 9 atom stereocenters. The first-order chi connectivity index (χ1) is 36.2. The van der Waals surface area contributed by atoms with Crippen LogP contribution in [0.5, 0.6) is 0 Å². The van der Waals surface area contributed by atoms with Crippen molar-refractivity contribution >= 4 is 70.6 Å². The molecule has 1 unspecified atom stereocenters. The van der Waals surface area contributed by atoms with E-state index in [9.17, 15) is 38.7 Å². The van der Waals surface area contributed by atoms with Crippen molar-refractivity contribution in [3.8, 4) is 0 Å². The first-order valence-electron chi connectivity index (χ1n) is 26.0. The average molecular weight is 1110 g/mol.